The summed E-state index contributed by atoms with van der Waals surface area (Å²) in [4.78, 5) is 21.0. The topological polar surface area (TPSA) is 89.7 Å². The number of hydrogen-bond donors (Lipinski definition) is 1. The lowest BCUT2D eigenvalue weighted by atomic mass is 9.98. The van der Waals surface area contributed by atoms with Gasteiger partial charge in [-0.15, -0.1) is 0 Å². The number of non-ortho nitro benzene ring substituents is 1. The van der Waals surface area contributed by atoms with Gasteiger partial charge in [0.25, 0.3) is 5.69 Å². The Kier molecular flexibility index (Phi) is 3.90. The van der Waals surface area contributed by atoms with Crippen LogP contribution in [0, 0.1) is 15.5 Å². The Labute approximate surface area is 104 Å². The van der Waals surface area contributed by atoms with Crippen molar-refractivity contribution in [1.29, 1.82) is 0 Å². The average molecular weight is 253 g/mol. The van der Waals surface area contributed by atoms with E-state index in [0.717, 1.165) is 6.07 Å². The van der Waals surface area contributed by atoms with E-state index in [1.807, 2.05) is 20.8 Å². The summed E-state index contributed by atoms with van der Waals surface area (Å²) in [5.41, 5.74) is -0.596. The van der Waals surface area contributed by atoms with E-state index in [0.29, 0.717) is 6.61 Å². The van der Waals surface area contributed by atoms with Gasteiger partial charge in [0.2, 0.25) is 0 Å². The molecule has 0 unspecified atom stereocenters. The molecule has 0 aromatic heterocycles. The van der Waals surface area contributed by atoms with Crippen LogP contribution in [0.1, 0.15) is 31.1 Å². The molecule has 6 heteroatoms. The van der Waals surface area contributed by atoms with Crippen molar-refractivity contribution in [3.63, 3.8) is 0 Å². The second kappa shape index (κ2) is 5.03. The largest absolute Gasteiger partial charge is 0.492 e. The predicted octanol–water partition coefficient (Wildman–Crippen LogP) is 2.72. The van der Waals surface area contributed by atoms with Gasteiger partial charge in [0.1, 0.15) is 11.3 Å². The minimum Gasteiger partial charge on any atom is -0.492 e. The molecule has 0 aliphatic rings. The Morgan fingerprint density at radius 1 is 1.44 bits per heavy atom. The Morgan fingerprint density at radius 2 is 2.06 bits per heavy atom. The molecule has 6 nitrogen and oxygen atoms in total. The number of aromatic carboxylic acids is 1. The molecular formula is C12H15NO5. The zero-order chi connectivity index (χ0) is 13.9. The predicted molar refractivity (Wildman–Crippen MR) is 65.0 cm³/mol. The van der Waals surface area contributed by atoms with Gasteiger partial charge in [-0.05, 0) is 11.5 Å². The van der Waals surface area contributed by atoms with Gasteiger partial charge in [0.15, 0.2) is 0 Å². The molecule has 0 atom stereocenters. The molecule has 1 aromatic carbocycles. The van der Waals surface area contributed by atoms with Crippen LogP contribution in [0.2, 0.25) is 0 Å². The second-order valence-electron chi connectivity index (χ2n) is 5.09. The van der Waals surface area contributed by atoms with Gasteiger partial charge in [-0.1, -0.05) is 20.8 Å². The van der Waals surface area contributed by atoms with Crippen LogP contribution in [0.25, 0.3) is 0 Å². The molecular weight excluding hydrogens is 238 g/mol. The molecule has 18 heavy (non-hydrogen) atoms. The zero-order valence-electron chi connectivity index (χ0n) is 10.5. The molecule has 1 rings (SSSR count). The lowest BCUT2D eigenvalue weighted by Gasteiger charge is -2.19. The standard InChI is InChI=1S/C12H15NO5/c1-12(2,3)7-18-10-5-4-8(13(16)17)6-9(10)11(14)15/h4-6H,7H2,1-3H3,(H,14,15). The van der Waals surface area contributed by atoms with Crippen LogP contribution in [0.5, 0.6) is 5.75 Å². The van der Waals surface area contributed by atoms with Crippen LogP contribution in [0.3, 0.4) is 0 Å². The number of carboxylic acid groups (broad SMARTS) is 1. The fraction of sp³-hybridized carbons (Fsp3) is 0.417. The summed E-state index contributed by atoms with van der Waals surface area (Å²) in [6.45, 7) is 6.15. The molecule has 1 aromatic rings. The van der Waals surface area contributed by atoms with Crippen molar-refractivity contribution in [3.8, 4) is 5.75 Å². The molecule has 98 valence electrons. The molecule has 0 radical (unpaired) electrons. The summed E-state index contributed by atoms with van der Waals surface area (Å²) in [6, 6.07) is 3.54. The number of nitro benzene ring substituents is 1. The van der Waals surface area contributed by atoms with Gasteiger partial charge in [0, 0.05) is 12.1 Å². The van der Waals surface area contributed by atoms with Crippen molar-refractivity contribution in [2.75, 3.05) is 6.61 Å². The van der Waals surface area contributed by atoms with Gasteiger partial charge >= 0.3 is 5.97 Å². The minimum absolute atomic E-state index is 0.127. The molecule has 0 spiro atoms. The third kappa shape index (κ3) is 3.73. The summed E-state index contributed by atoms with van der Waals surface area (Å²) in [7, 11) is 0. The van der Waals surface area contributed by atoms with Crippen molar-refractivity contribution >= 4 is 11.7 Å². The molecule has 0 aliphatic heterocycles. The summed E-state index contributed by atoms with van der Waals surface area (Å²) in [5.74, 6) is -1.11. The Hall–Kier alpha value is -2.11. The van der Waals surface area contributed by atoms with E-state index in [1.54, 1.807) is 0 Å². The number of carboxylic acids is 1. The first-order chi connectivity index (χ1) is 8.20. The van der Waals surface area contributed by atoms with Crippen molar-refractivity contribution in [1.82, 2.24) is 0 Å². The first-order valence-electron chi connectivity index (χ1n) is 5.35. The van der Waals surface area contributed by atoms with Crippen molar-refractivity contribution in [2.45, 2.75) is 20.8 Å². The smallest absolute Gasteiger partial charge is 0.339 e. The zero-order valence-corrected chi connectivity index (χ0v) is 10.5. The molecule has 0 saturated heterocycles. The Morgan fingerprint density at radius 3 is 2.50 bits per heavy atom. The van der Waals surface area contributed by atoms with E-state index in [2.05, 4.69) is 0 Å². The van der Waals surface area contributed by atoms with E-state index in [1.165, 1.54) is 12.1 Å². The van der Waals surface area contributed by atoms with Gasteiger partial charge in [0.05, 0.1) is 11.5 Å². The number of nitrogens with zero attached hydrogens (tertiary/aromatic N) is 1. The fourth-order valence-electron chi connectivity index (χ4n) is 1.22. The Balaban J connectivity index is 3.05. The van der Waals surface area contributed by atoms with E-state index in [4.69, 9.17) is 9.84 Å². The molecule has 0 bridgehead atoms. The maximum atomic E-state index is 11.0. The molecule has 0 heterocycles. The van der Waals surface area contributed by atoms with Crippen LogP contribution >= 0.6 is 0 Å². The second-order valence-corrected chi connectivity index (χ2v) is 5.09. The van der Waals surface area contributed by atoms with E-state index in [9.17, 15) is 14.9 Å². The Bertz CT molecular complexity index is 476. The molecule has 0 saturated carbocycles. The monoisotopic (exact) mass is 253 g/mol. The van der Waals surface area contributed by atoms with Crippen molar-refractivity contribution < 1.29 is 19.6 Å². The quantitative estimate of drug-likeness (QED) is 0.658. The van der Waals surface area contributed by atoms with E-state index in [-0.39, 0.29) is 22.4 Å². The number of ether oxygens (including phenoxy) is 1. The summed E-state index contributed by atoms with van der Waals surface area (Å²) in [5, 5.41) is 19.6. The highest BCUT2D eigenvalue weighted by Crippen LogP contribution is 2.26. The average Bonchev–Trinajstić information content (AvgIpc) is 2.24. The van der Waals surface area contributed by atoms with Crippen LogP contribution < -0.4 is 4.74 Å². The van der Waals surface area contributed by atoms with E-state index < -0.39 is 10.9 Å². The van der Waals surface area contributed by atoms with Crippen molar-refractivity contribution in [2.24, 2.45) is 5.41 Å². The van der Waals surface area contributed by atoms with Gasteiger partial charge in [-0.2, -0.15) is 0 Å². The molecule has 0 aliphatic carbocycles. The highest BCUT2D eigenvalue weighted by Gasteiger charge is 2.19. The van der Waals surface area contributed by atoms with Crippen LogP contribution in [-0.2, 0) is 0 Å². The van der Waals surface area contributed by atoms with Crippen LogP contribution in [0.4, 0.5) is 5.69 Å². The first-order valence-corrected chi connectivity index (χ1v) is 5.35. The van der Waals surface area contributed by atoms with Crippen molar-refractivity contribution in [3.05, 3.63) is 33.9 Å². The lowest BCUT2D eigenvalue weighted by molar-refractivity contribution is -0.384. The van der Waals surface area contributed by atoms with Gasteiger partial charge in [-0.25, -0.2) is 4.79 Å². The maximum absolute atomic E-state index is 11.0. The highest BCUT2D eigenvalue weighted by atomic mass is 16.6. The van der Waals surface area contributed by atoms with Crippen LogP contribution in [-0.4, -0.2) is 22.6 Å². The molecule has 0 fully saturated rings. The third-order valence-electron chi connectivity index (χ3n) is 2.07. The lowest BCUT2D eigenvalue weighted by Crippen LogP contribution is -2.18. The third-order valence-corrected chi connectivity index (χ3v) is 2.07. The summed E-state index contributed by atoms with van der Waals surface area (Å²) >= 11 is 0. The number of rotatable bonds is 4. The van der Waals surface area contributed by atoms with E-state index >= 15 is 0 Å². The highest BCUT2D eigenvalue weighted by molar-refractivity contribution is 5.91. The van der Waals surface area contributed by atoms with Gasteiger partial charge in [-0.3, -0.25) is 10.1 Å². The van der Waals surface area contributed by atoms with Crippen LogP contribution in [0.15, 0.2) is 18.2 Å². The van der Waals surface area contributed by atoms with Gasteiger partial charge < -0.3 is 9.84 Å². The molecule has 0 amide bonds. The SMILES string of the molecule is CC(C)(C)COc1ccc([N+](=O)[O-])cc1C(=O)O. The normalized spacial score (nSPS) is 11.1. The number of hydrogen-bond acceptors (Lipinski definition) is 4. The number of nitro groups is 1. The minimum atomic E-state index is -1.25. The fourth-order valence-corrected chi connectivity index (χ4v) is 1.22. The number of carbonyl (C=O) groups is 1. The maximum Gasteiger partial charge on any atom is 0.339 e. The summed E-state index contributed by atoms with van der Waals surface area (Å²) in [6.07, 6.45) is 0. The summed E-state index contributed by atoms with van der Waals surface area (Å²) < 4.78 is 5.39. The number of benzene rings is 1. The molecule has 1 N–H and O–H groups in total. The first kappa shape index (κ1) is 14.0.